The first kappa shape index (κ1) is 32.7. The average molecular weight is 641 g/mol. The van der Waals surface area contributed by atoms with E-state index in [0.29, 0.717) is 31.0 Å². The van der Waals surface area contributed by atoms with Gasteiger partial charge in [-0.25, -0.2) is 8.42 Å². The van der Waals surface area contributed by atoms with E-state index in [1.165, 1.54) is 0 Å². The summed E-state index contributed by atoms with van der Waals surface area (Å²) >= 11 is 0. The first-order valence-electron chi connectivity index (χ1n) is 15.2. The van der Waals surface area contributed by atoms with Crippen LogP contribution in [0.15, 0.2) is 102 Å². The van der Waals surface area contributed by atoms with Gasteiger partial charge in [0.05, 0.1) is 10.4 Å². The third-order valence-corrected chi connectivity index (χ3v) is 9.31. The van der Waals surface area contributed by atoms with Crippen LogP contribution in [0.4, 0.5) is 5.69 Å². The number of anilines is 1. The third kappa shape index (κ3) is 8.32. The summed E-state index contributed by atoms with van der Waals surface area (Å²) in [5.74, 6) is 0.0289. The van der Waals surface area contributed by atoms with Crippen LogP contribution in [-0.4, -0.2) is 43.3 Å². The highest BCUT2D eigenvalue weighted by Crippen LogP contribution is 2.26. The number of nitrogens with two attached hydrogens (primary N) is 1. The molecule has 0 aromatic heterocycles. The molecule has 1 heterocycles. The van der Waals surface area contributed by atoms with Gasteiger partial charge in [-0.2, -0.15) is 0 Å². The molecule has 9 nitrogen and oxygen atoms in total. The van der Waals surface area contributed by atoms with Crippen LogP contribution in [0.3, 0.4) is 0 Å². The lowest BCUT2D eigenvalue weighted by Gasteiger charge is -2.33. The number of benzene rings is 4. The zero-order chi connectivity index (χ0) is 32.9. The molecule has 2 amide bonds. The topological polar surface area (TPSA) is 131 Å². The van der Waals surface area contributed by atoms with Crippen molar-refractivity contribution in [1.29, 1.82) is 0 Å². The van der Waals surface area contributed by atoms with Crippen molar-refractivity contribution in [2.45, 2.75) is 63.2 Å². The lowest BCUT2D eigenvalue weighted by molar-refractivity contribution is -0.138. The summed E-state index contributed by atoms with van der Waals surface area (Å²) in [6, 6.07) is 28.5. The van der Waals surface area contributed by atoms with Crippen LogP contribution in [-0.2, 0) is 45.6 Å². The summed E-state index contributed by atoms with van der Waals surface area (Å²) in [6.07, 6.45) is 0.863. The molecule has 4 aromatic rings. The summed E-state index contributed by atoms with van der Waals surface area (Å²) in [4.78, 5) is 28.8. The Morgan fingerprint density at radius 2 is 1.61 bits per heavy atom. The maximum Gasteiger partial charge on any atom is 0.261 e. The molecule has 0 spiro atoms. The van der Waals surface area contributed by atoms with E-state index in [9.17, 15) is 18.0 Å². The van der Waals surface area contributed by atoms with E-state index >= 15 is 0 Å². The number of hydrogen-bond donors (Lipinski definition) is 3. The largest absolute Gasteiger partial charge is 0.489 e. The van der Waals surface area contributed by atoms with Crippen LogP contribution in [0.5, 0.6) is 5.75 Å². The molecule has 1 aliphatic rings. The molecular formula is C36H40N4O5S. The molecule has 0 fully saturated rings. The number of fused-ring (bicyclic) bond motifs is 1. The fourth-order valence-electron chi connectivity index (χ4n) is 5.20. The quantitative estimate of drug-likeness (QED) is 0.218. The maximum absolute atomic E-state index is 14.0. The van der Waals surface area contributed by atoms with Crippen molar-refractivity contribution < 1.29 is 22.7 Å². The van der Waals surface area contributed by atoms with Gasteiger partial charge in [-0.15, -0.1) is 0 Å². The second-order valence-corrected chi connectivity index (χ2v) is 14.0. The number of hydrogen-bond acceptors (Lipinski definition) is 6. The number of aryl methyl sites for hydroxylation is 1. The molecule has 1 aliphatic heterocycles. The van der Waals surface area contributed by atoms with Crippen LogP contribution >= 0.6 is 0 Å². The SMILES string of the molecule is Cc1ccc(S(=O)(=O)Nc2ccc3c(c2)CN(C(=O)C(Cc2ccc(OCc4ccccc4)cc2)NC(=O)C(C)(C)N)CC3)cc1. The van der Waals surface area contributed by atoms with Gasteiger partial charge in [0.25, 0.3) is 10.0 Å². The van der Waals surface area contributed by atoms with Crippen molar-refractivity contribution >= 4 is 27.5 Å². The predicted octanol–water partition coefficient (Wildman–Crippen LogP) is 4.72. The second kappa shape index (κ2) is 13.8. The van der Waals surface area contributed by atoms with Gasteiger partial charge in [-0.1, -0.05) is 66.2 Å². The minimum Gasteiger partial charge on any atom is -0.489 e. The Morgan fingerprint density at radius 1 is 0.913 bits per heavy atom. The van der Waals surface area contributed by atoms with Crippen molar-refractivity contribution in [1.82, 2.24) is 10.2 Å². The van der Waals surface area contributed by atoms with Crippen molar-refractivity contribution in [2.75, 3.05) is 11.3 Å². The van der Waals surface area contributed by atoms with Gasteiger partial charge in [0, 0.05) is 25.2 Å². The number of sulfonamides is 1. The number of ether oxygens (including phenoxy) is 1. The Balaban J connectivity index is 1.29. The number of carbonyl (C=O) groups excluding carboxylic acids is 2. The molecule has 240 valence electrons. The number of carbonyl (C=O) groups is 2. The Kier molecular flexibility index (Phi) is 9.79. The summed E-state index contributed by atoms with van der Waals surface area (Å²) in [5.41, 5.74) is 10.1. The Hall–Kier alpha value is -4.67. The lowest BCUT2D eigenvalue weighted by Crippen LogP contribution is -2.57. The van der Waals surface area contributed by atoms with Gasteiger partial charge in [-0.3, -0.25) is 14.3 Å². The Bertz CT molecular complexity index is 1790. The number of nitrogens with one attached hydrogen (secondary N) is 2. The van der Waals surface area contributed by atoms with Crippen molar-refractivity contribution in [2.24, 2.45) is 5.73 Å². The molecule has 4 aromatic carbocycles. The van der Waals surface area contributed by atoms with Gasteiger partial charge in [0.1, 0.15) is 18.4 Å². The molecule has 5 rings (SSSR count). The first-order chi connectivity index (χ1) is 21.9. The minimum absolute atomic E-state index is 0.171. The van der Waals surface area contributed by atoms with Crippen LogP contribution in [0, 0.1) is 6.92 Å². The average Bonchev–Trinajstić information content (AvgIpc) is 3.03. The van der Waals surface area contributed by atoms with E-state index in [1.807, 2.05) is 67.6 Å². The molecule has 0 saturated heterocycles. The third-order valence-electron chi connectivity index (χ3n) is 7.91. The fraction of sp³-hybridized carbons (Fsp3) is 0.278. The zero-order valence-corrected chi connectivity index (χ0v) is 27.1. The van der Waals surface area contributed by atoms with Crippen molar-refractivity contribution in [3.8, 4) is 5.75 Å². The molecule has 1 atom stereocenters. The molecule has 0 radical (unpaired) electrons. The number of nitrogens with zero attached hydrogens (tertiary/aromatic N) is 1. The zero-order valence-electron chi connectivity index (χ0n) is 26.3. The van der Waals surface area contributed by atoms with E-state index in [2.05, 4.69) is 10.0 Å². The number of amides is 2. The summed E-state index contributed by atoms with van der Waals surface area (Å²) < 4.78 is 34.5. The van der Waals surface area contributed by atoms with Gasteiger partial charge in [-0.05, 0) is 85.8 Å². The van der Waals surface area contributed by atoms with Crippen LogP contribution < -0.4 is 20.5 Å². The smallest absolute Gasteiger partial charge is 0.261 e. The van der Waals surface area contributed by atoms with E-state index in [4.69, 9.17) is 10.5 Å². The predicted molar refractivity (Wildman–Crippen MR) is 179 cm³/mol. The maximum atomic E-state index is 14.0. The summed E-state index contributed by atoms with van der Waals surface area (Å²) in [5, 5.41) is 2.87. The summed E-state index contributed by atoms with van der Waals surface area (Å²) in [6.45, 7) is 6.27. The molecule has 10 heteroatoms. The van der Waals surface area contributed by atoms with E-state index < -0.39 is 27.5 Å². The lowest BCUT2D eigenvalue weighted by atomic mass is 9.97. The Morgan fingerprint density at radius 3 is 2.28 bits per heavy atom. The molecule has 0 aliphatic carbocycles. The Labute approximate surface area is 270 Å². The van der Waals surface area contributed by atoms with Crippen LogP contribution in [0.25, 0.3) is 0 Å². The van der Waals surface area contributed by atoms with E-state index in [-0.39, 0.29) is 23.8 Å². The summed E-state index contributed by atoms with van der Waals surface area (Å²) in [7, 11) is -3.78. The second-order valence-electron chi connectivity index (χ2n) is 12.3. The highest BCUT2D eigenvalue weighted by molar-refractivity contribution is 7.92. The molecule has 1 unspecified atom stereocenters. The monoisotopic (exact) mass is 640 g/mol. The first-order valence-corrected chi connectivity index (χ1v) is 16.7. The molecule has 46 heavy (non-hydrogen) atoms. The fourth-order valence-corrected chi connectivity index (χ4v) is 6.25. The highest BCUT2D eigenvalue weighted by Gasteiger charge is 2.32. The van der Waals surface area contributed by atoms with Gasteiger partial charge >= 0.3 is 0 Å². The van der Waals surface area contributed by atoms with E-state index in [1.54, 1.807) is 55.1 Å². The van der Waals surface area contributed by atoms with Crippen molar-refractivity contribution in [3.05, 3.63) is 125 Å². The normalized spacial score (nSPS) is 13.8. The van der Waals surface area contributed by atoms with Crippen LogP contribution in [0.2, 0.25) is 0 Å². The van der Waals surface area contributed by atoms with Crippen molar-refractivity contribution in [3.63, 3.8) is 0 Å². The van der Waals surface area contributed by atoms with Gasteiger partial charge in [0.2, 0.25) is 11.8 Å². The van der Waals surface area contributed by atoms with Crippen LogP contribution in [0.1, 0.15) is 41.7 Å². The molecule has 4 N–H and O–H groups in total. The molecule has 0 saturated carbocycles. The van der Waals surface area contributed by atoms with Gasteiger partial charge in [0.15, 0.2) is 0 Å². The standard InChI is InChI=1S/C36H40N4O5S/c1-25-9-17-32(18-10-25)46(43,44)39-30-14-13-28-19-20-40(23-29(28)22-30)34(41)33(38-35(42)36(2,3)37)21-26-11-15-31(16-12-26)45-24-27-7-5-4-6-8-27/h4-18,22,33,39H,19-21,23-24,37H2,1-3H3,(H,38,42). The highest BCUT2D eigenvalue weighted by atomic mass is 32.2. The molecule has 0 bridgehead atoms. The van der Waals surface area contributed by atoms with E-state index in [0.717, 1.165) is 27.8 Å². The molecular weight excluding hydrogens is 600 g/mol. The minimum atomic E-state index is -3.78. The number of rotatable bonds is 11. The van der Waals surface area contributed by atoms with Gasteiger partial charge < -0.3 is 20.7 Å².